The van der Waals surface area contributed by atoms with Gasteiger partial charge in [-0.1, -0.05) is 0 Å². The number of benzene rings is 1. The van der Waals surface area contributed by atoms with Crippen molar-refractivity contribution in [1.82, 2.24) is 0 Å². The van der Waals surface area contributed by atoms with Crippen molar-refractivity contribution in [1.29, 1.82) is 0 Å². The van der Waals surface area contributed by atoms with Gasteiger partial charge < -0.3 is 9.52 Å². The van der Waals surface area contributed by atoms with Gasteiger partial charge >= 0.3 is 5.63 Å². The van der Waals surface area contributed by atoms with Gasteiger partial charge in [-0.3, -0.25) is 0 Å². The Bertz CT molecular complexity index is 560. The first-order valence-corrected chi connectivity index (χ1v) is 3.70. The highest BCUT2D eigenvalue weighted by molar-refractivity contribution is 5.78. The lowest BCUT2D eigenvalue weighted by atomic mass is 10.2. The molecule has 0 radical (unpaired) electrons. The van der Waals surface area contributed by atoms with Gasteiger partial charge in [-0.25, -0.2) is 9.18 Å². The summed E-state index contributed by atoms with van der Waals surface area (Å²) >= 11 is 0. The Hall–Kier alpha value is -1.91. The third-order valence-corrected chi connectivity index (χ3v) is 1.77. The highest BCUT2D eigenvalue weighted by Gasteiger charge is 2.14. The van der Waals surface area contributed by atoms with Gasteiger partial charge in [0.05, 0.1) is 5.39 Å². The minimum Gasteiger partial charge on any atom is -0.508 e. The number of fused-ring (bicyclic) bond motifs is 1. The van der Waals surface area contributed by atoms with Crippen LogP contribution in [0.15, 0.2) is 27.4 Å². The van der Waals surface area contributed by atoms with Gasteiger partial charge in [-0.2, -0.15) is 4.39 Å². The normalized spacial score (nSPS) is 10.7. The molecule has 0 aliphatic heterocycles. The number of hydrogen-bond donors (Lipinski definition) is 1. The molecular formula is C9H4F2O3. The standard InChI is InChI=1S/C9H4F2O3/c10-7-5-3-4(12)1-2-6(5)14-9(13)8(7)11/h1-3,12H. The Labute approximate surface area is 76.2 Å². The molecule has 0 fully saturated rings. The van der Waals surface area contributed by atoms with Crippen molar-refractivity contribution in [2.24, 2.45) is 0 Å². The Morgan fingerprint density at radius 3 is 2.64 bits per heavy atom. The molecule has 72 valence electrons. The average Bonchev–Trinajstić information content (AvgIpc) is 2.16. The Kier molecular flexibility index (Phi) is 1.73. The van der Waals surface area contributed by atoms with E-state index >= 15 is 0 Å². The molecule has 1 heterocycles. The van der Waals surface area contributed by atoms with Crippen LogP contribution in [0.25, 0.3) is 11.0 Å². The molecule has 0 atom stereocenters. The molecule has 2 rings (SSSR count). The highest BCUT2D eigenvalue weighted by atomic mass is 19.2. The zero-order chi connectivity index (χ0) is 10.3. The van der Waals surface area contributed by atoms with Crippen LogP contribution in [-0.4, -0.2) is 5.11 Å². The summed E-state index contributed by atoms with van der Waals surface area (Å²) in [7, 11) is 0. The van der Waals surface area contributed by atoms with Crippen molar-refractivity contribution in [2.45, 2.75) is 0 Å². The Morgan fingerprint density at radius 1 is 1.21 bits per heavy atom. The van der Waals surface area contributed by atoms with Crippen molar-refractivity contribution in [3.05, 3.63) is 40.3 Å². The second-order valence-corrected chi connectivity index (χ2v) is 2.70. The van der Waals surface area contributed by atoms with E-state index in [9.17, 15) is 13.6 Å². The third kappa shape index (κ3) is 1.14. The summed E-state index contributed by atoms with van der Waals surface area (Å²) in [6.45, 7) is 0. The molecule has 0 saturated heterocycles. The first kappa shape index (κ1) is 8.68. The zero-order valence-corrected chi connectivity index (χ0v) is 6.75. The lowest BCUT2D eigenvalue weighted by molar-refractivity contribution is 0.435. The molecule has 1 N–H and O–H groups in total. The molecule has 5 heteroatoms. The number of rotatable bonds is 0. The number of phenols is 1. The monoisotopic (exact) mass is 198 g/mol. The van der Waals surface area contributed by atoms with E-state index < -0.39 is 17.3 Å². The summed E-state index contributed by atoms with van der Waals surface area (Å²) in [6, 6.07) is 3.38. The minimum absolute atomic E-state index is 0.105. The van der Waals surface area contributed by atoms with Crippen molar-refractivity contribution >= 4 is 11.0 Å². The summed E-state index contributed by atoms with van der Waals surface area (Å²) in [5, 5.41) is 8.74. The van der Waals surface area contributed by atoms with Crippen molar-refractivity contribution < 1.29 is 18.3 Å². The van der Waals surface area contributed by atoms with E-state index in [0.29, 0.717) is 0 Å². The Morgan fingerprint density at radius 2 is 1.93 bits per heavy atom. The first-order valence-electron chi connectivity index (χ1n) is 3.70. The summed E-state index contributed by atoms with van der Waals surface area (Å²) in [5.74, 6) is -3.13. The summed E-state index contributed by atoms with van der Waals surface area (Å²) in [5.41, 5.74) is -1.47. The quantitative estimate of drug-likeness (QED) is 0.656. The molecular weight excluding hydrogens is 194 g/mol. The van der Waals surface area contributed by atoms with Gasteiger partial charge in [0.25, 0.3) is 0 Å². The molecule has 0 amide bonds. The SMILES string of the molecule is O=c1oc2ccc(O)cc2c(F)c1F. The molecule has 1 aromatic carbocycles. The van der Waals surface area contributed by atoms with Crippen LogP contribution in [0.3, 0.4) is 0 Å². The number of hydrogen-bond acceptors (Lipinski definition) is 3. The third-order valence-electron chi connectivity index (χ3n) is 1.77. The second-order valence-electron chi connectivity index (χ2n) is 2.70. The Balaban J connectivity index is 2.99. The van der Waals surface area contributed by atoms with Crippen LogP contribution in [-0.2, 0) is 0 Å². The molecule has 14 heavy (non-hydrogen) atoms. The van der Waals surface area contributed by atoms with Crippen molar-refractivity contribution in [3.8, 4) is 5.75 Å². The van der Waals surface area contributed by atoms with Crippen LogP contribution >= 0.6 is 0 Å². The summed E-state index contributed by atoms with van der Waals surface area (Å²) in [4.78, 5) is 10.7. The second kappa shape index (κ2) is 2.80. The van der Waals surface area contributed by atoms with Crippen LogP contribution < -0.4 is 5.63 Å². The smallest absolute Gasteiger partial charge is 0.375 e. The predicted octanol–water partition coefficient (Wildman–Crippen LogP) is 1.78. The number of aromatic hydroxyl groups is 1. The summed E-state index contributed by atoms with van der Waals surface area (Å²) in [6.07, 6.45) is 0. The van der Waals surface area contributed by atoms with Crippen LogP contribution in [0.5, 0.6) is 5.75 Å². The fourth-order valence-corrected chi connectivity index (χ4v) is 1.13. The molecule has 3 nitrogen and oxygen atoms in total. The highest BCUT2D eigenvalue weighted by Crippen LogP contribution is 2.22. The summed E-state index contributed by atoms with van der Waals surface area (Å²) < 4.78 is 30.3. The predicted molar refractivity (Wildman–Crippen MR) is 44.1 cm³/mol. The van der Waals surface area contributed by atoms with Gasteiger partial charge in [0.1, 0.15) is 11.3 Å². The molecule has 0 aliphatic rings. The van der Waals surface area contributed by atoms with Gasteiger partial charge in [0.2, 0.25) is 5.82 Å². The van der Waals surface area contributed by atoms with Crippen LogP contribution in [0, 0.1) is 11.6 Å². The van der Waals surface area contributed by atoms with Gasteiger partial charge in [-0.05, 0) is 18.2 Å². The van der Waals surface area contributed by atoms with E-state index in [0.717, 1.165) is 6.07 Å². The average molecular weight is 198 g/mol. The maximum Gasteiger partial charge on any atom is 0.375 e. The molecule has 2 aromatic rings. The van der Waals surface area contributed by atoms with Crippen molar-refractivity contribution in [2.75, 3.05) is 0 Å². The number of phenolic OH excluding ortho intramolecular Hbond substituents is 1. The largest absolute Gasteiger partial charge is 0.508 e. The van der Waals surface area contributed by atoms with Crippen LogP contribution in [0.1, 0.15) is 0 Å². The maximum absolute atomic E-state index is 13.1. The van der Waals surface area contributed by atoms with Crippen LogP contribution in [0.2, 0.25) is 0 Å². The molecule has 1 aromatic heterocycles. The van der Waals surface area contributed by atoms with Gasteiger partial charge in [0, 0.05) is 0 Å². The first-order chi connectivity index (χ1) is 6.59. The number of halogens is 2. The molecule has 0 aliphatic carbocycles. The van der Waals surface area contributed by atoms with Gasteiger partial charge in [-0.15, -0.1) is 0 Å². The van der Waals surface area contributed by atoms with Gasteiger partial charge in [0.15, 0.2) is 5.82 Å². The zero-order valence-electron chi connectivity index (χ0n) is 6.75. The van der Waals surface area contributed by atoms with E-state index in [1.165, 1.54) is 12.1 Å². The maximum atomic E-state index is 13.1. The molecule has 0 spiro atoms. The van der Waals surface area contributed by atoms with Crippen molar-refractivity contribution in [3.63, 3.8) is 0 Å². The minimum atomic E-state index is -1.58. The van der Waals surface area contributed by atoms with E-state index in [1.54, 1.807) is 0 Å². The van der Waals surface area contributed by atoms with E-state index in [-0.39, 0.29) is 16.7 Å². The molecule has 0 saturated carbocycles. The lowest BCUT2D eigenvalue weighted by Gasteiger charge is -1.98. The van der Waals surface area contributed by atoms with Crippen LogP contribution in [0.4, 0.5) is 8.78 Å². The topological polar surface area (TPSA) is 50.4 Å². The van der Waals surface area contributed by atoms with E-state index in [4.69, 9.17) is 5.11 Å². The molecule has 0 bridgehead atoms. The lowest BCUT2D eigenvalue weighted by Crippen LogP contribution is -2.07. The van der Waals surface area contributed by atoms with E-state index in [1.807, 2.05) is 0 Å². The fourth-order valence-electron chi connectivity index (χ4n) is 1.13. The fraction of sp³-hybridized carbons (Fsp3) is 0. The molecule has 0 unspecified atom stereocenters. The van der Waals surface area contributed by atoms with E-state index in [2.05, 4.69) is 4.42 Å².